The number of nitrogens with one attached hydrogen (secondary N) is 1. The van der Waals surface area contributed by atoms with E-state index in [0.717, 1.165) is 18.4 Å². The normalized spacial score (nSPS) is 11.2. The number of hydrogen-bond acceptors (Lipinski definition) is 4. The minimum Gasteiger partial charge on any atom is -0.489 e. The molecule has 0 aliphatic rings. The molecule has 0 heterocycles. The summed E-state index contributed by atoms with van der Waals surface area (Å²) in [6, 6.07) is 14.2. The lowest BCUT2D eigenvalue weighted by atomic mass is 10.2. The zero-order valence-electron chi connectivity index (χ0n) is 15.3. The lowest BCUT2D eigenvalue weighted by molar-refractivity contribution is -0.113. The summed E-state index contributed by atoms with van der Waals surface area (Å²) in [7, 11) is -3.37. The highest BCUT2D eigenvalue weighted by atomic mass is 35.5. The third-order valence-electron chi connectivity index (χ3n) is 3.90. The quantitative estimate of drug-likeness (QED) is 0.588. The topological polar surface area (TPSA) is 72.5 Å². The van der Waals surface area contributed by atoms with E-state index in [-0.39, 0.29) is 5.75 Å². The summed E-state index contributed by atoms with van der Waals surface area (Å²) in [4.78, 5) is 12.0. The van der Waals surface area contributed by atoms with E-state index < -0.39 is 21.5 Å². The van der Waals surface area contributed by atoms with Gasteiger partial charge in [0.1, 0.15) is 18.1 Å². The minimum atomic E-state index is -3.37. The maximum atomic E-state index is 12.0. The Kier molecular flexibility index (Phi) is 8.13. The van der Waals surface area contributed by atoms with Crippen molar-refractivity contribution in [2.75, 3.05) is 16.8 Å². The molecule has 0 saturated heterocycles. The van der Waals surface area contributed by atoms with E-state index >= 15 is 0 Å². The number of amides is 1. The monoisotopic (exact) mass is 409 g/mol. The van der Waals surface area contributed by atoms with E-state index in [1.54, 1.807) is 30.3 Å². The molecule has 0 aliphatic carbocycles. The second-order valence-corrected chi connectivity index (χ2v) is 8.84. The van der Waals surface area contributed by atoms with Crippen LogP contribution in [0.1, 0.15) is 31.7 Å². The van der Waals surface area contributed by atoms with Crippen molar-refractivity contribution in [2.24, 2.45) is 0 Å². The Morgan fingerprint density at radius 2 is 1.78 bits per heavy atom. The maximum Gasteiger partial charge on any atom is 0.239 e. The first-order valence-corrected chi connectivity index (χ1v) is 11.1. The number of benzene rings is 2. The number of halogens is 1. The van der Waals surface area contributed by atoms with Gasteiger partial charge in [-0.05, 0) is 36.8 Å². The first-order valence-electron chi connectivity index (χ1n) is 8.86. The fourth-order valence-corrected chi connectivity index (χ4v) is 3.90. The summed E-state index contributed by atoms with van der Waals surface area (Å²) in [6.07, 6.45) is 2.37. The van der Waals surface area contributed by atoms with Crippen molar-refractivity contribution in [3.05, 3.63) is 59.1 Å². The number of hydrogen-bond donors (Lipinski definition) is 1. The molecule has 5 nitrogen and oxygen atoms in total. The molecule has 0 aliphatic heterocycles. The first-order chi connectivity index (χ1) is 12.9. The van der Waals surface area contributed by atoms with E-state index in [0.29, 0.717) is 29.5 Å². The molecule has 0 aromatic heterocycles. The molecule has 0 atom stereocenters. The Hall–Kier alpha value is -2.05. The van der Waals surface area contributed by atoms with Crippen molar-refractivity contribution < 1.29 is 17.9 Å². The number of rotatable bonds is 10. The maximum absolute atomic E-state index is 12.0. The van der Waals surface area contributed by atoms with Crippen LogP contribution in [0.25, 0.3) is 0 Å². The van der Waals surface area contributed by atoms with Gasteiger partial charge in [0.25, 0.3) is 0 Å². The molecule has 2 aromatic carbocycles. The number of anilines is 1. The molecular formula is C20H24ClNO4S. The standard InChI is InChI=1S/C20H24ClNO4S/c1-2-3-6-13-27(24,25)15-20(23)22-17-9-11-18(12-10-17)26-14-16-7-4-5-8-19(16)21/h4-5,7-12H,2-3,6,13-15H2,1H3,(H,22,23). The second kappa shape index (κ2) is 10.3. The summed E-state index contributed by atoms with van der Waals surface area (Å²) >= 11 is 6.09. The number of carbonyl (C=O) groups is 1. The van der Waals surface area contributed by atoms with E-state index in [4.69, 9.17) is 16.3 Å². The number of ether oxygens (including phenoxy) is 1. The fourth-order valence-electron chi connectivity index (χ4n) is 2.45. The lowest BCUT2D eigenvalue weighted by Crippen LogP contribution is -2.24. The van der Waals surface area contributed by atoms with Gasteiger partial charge in [-0.15, -0.1) is 0 Å². The molecule has 7 heteroatoms. The Morgan fingerprint density at radius 3 is 2.44 bits per heavy atom. The Labute approximate surface area is 165 Å². The van der Waals surface area contributed by atoms with Crippen molar-refractivity contribution in [1.82, 2.24) is 0 Å². The minimum absolute atomic E-state index is 0.0447. The second-order valence-electron chi connectivity index (χ2n) is 6.25. The van der Waals surface area contributed by atoms with Gasteiger partial charge in [-0.1, -0.05) is 49.6 Å². The van der Waals surface area contributed by atoms with Crippen LogP contribution in [0, 0.1) is 0 Å². The summed E-state index contributed by atoms with van der Waals surface area (Å²) < 4.78 is 29.5. The summed E-state index contributed by atoms with van der Waals surface area (Å²) in [5.41, 5.74) is 1.40. The van der Waals surface area contributed by atoms with Crippen molar-refractivity contribution in [1.29, 1.82) is 0 Å². The van der Waals surface area contributed by atoms with Crippen molar-refractivity contribution in [3.8, 4) is 5.75 Å². The predicted molar refractivity (Wildman–Crippen MR) is 109 cm³/mol. The molecule has 0 fully saturated rings. The van der Waals surface area contributed by atoms with Crippen LogP contribution in [0.5, 0.6) is 5.75 Å². The van der Waals surface area contributed by atoms with Crippen LogP contribution < -0.4 is 10.1 Å². The average Bonchev–Trinajstić information content (AvgIpc) is 2.62. The zero-order chi connectivity index (χ0) is 19.7. The lowest BCUT2D eigenvalue weighted by Gasteiger charge is -2.09. The van der Waals surface area contributed by atoms with Gasteiger partial charge in [0.2, 0.25) is 5.91 Å². The smallest absolute Gasteiger partial charge is 0.239 e. The predicted octanol–water partition coefficient (Wildman–Crippen LogP) is 4.46. The Balaban J connectivity index is 1.84. The van der Waals surface area contributed by atoms with Gasteiger partial charge in [-0.2, -0.15) is 0 Å². The third-order valence-corrected chi connectivity index (χ3v) is 5.88. The Morgan fingerprint density at radius 1 is 1.07 bits per heavy atom. The molecule has 1 N–H and O–H groups in total. The molecule has 0 spiro atoms. The van der Waals surface area contributed by atoms with Gasteiger partial charge in [-0.25, -0.2) is 8.42 Å². The SMILES string of the molecule is CCCCCS(=O)(=O)CC(=O)Nc1ccc(OCc2ccccc2Cl)cc1. The van der Waals surface area contributed by atoms with Gasteiger partial charge in [-0.3, -0.25) is 4.79 Å². The summed E-state index contributed by atoms with van der Waals surface area (Å²) in [6.45, 7) is 2.34. The highest BCUT2D eigenvalue weighted by molar-refractivity contribution is 7.92. The number of carbonyl (C=O) groups excluding carboxylic acids is 1. The molecule has 27 heavy (non-hydrogen) atoms. The van der Waals surface area contributed by atoms with Crippen LogP contribution in [0.3, 0.4) is 0 Å². The van der Waals surface area contributed by atoms with Gasteiger partial charge in [0.05, 0.1) is 5.75 Å². The summed E-state index contributed by atoms with van der Waals surface area (Å²) in [5, 5.41) is 3.24. The fraction of sp³-hybridized carbons (Fsp3) is 0.350. The van der Waals surface area contributed by atoms with Crippen LogP contribution >= 0.6 is 11.6 Å². The molecule has 1 amide bonds. The van der Waals surface area contributed by atoms with Crippen molar-refractivity contribution >= 4 is 33.0 Å². The van der Waals surface area contributed by atoms with E-state index in [1.165, 1.54) is 0 Å². The van der Waals surface area contributed by atoms with Gasteiger partial charge in [0.15, 0.2) is 9.84 Å². The van der Waals surface area contributed by atoms with E-state index in [1.807, 2.05) is 25.1 Å². The number of sulfone groups is 1. The van der Waals surface area contributed by atoms with Gasteiger partial charge < -0.3 is 10.1 Å². The molecule has 0 saturated carbocycles. The van der Waals surface area contributed by atoms with Crippen LogP contribution in [-0.4, -0.2) is 25.8 Å². The van der Waals surface area contributed by atoms with Crippen LogP contribution in [0.4, 0.5) is 5.69 Å². The summed E-state index contributed by atoms with van der Waals surface area (Å²) in [5.74, 6) is -0.360. The molecular weight excluding hydrogens is 386 g/mol. The van der Waals surface area contributed by atoms with Gasteiger partial charge >= 0.3 is 0 Å². The van der Waals surface area contributed by atoms with Crippen molar-refractivity contribution in [2.45, 2.75) is 32.8 Å². The Bertz CT molecular complexity index is 851. The van der Waals surface area contributed by atoms with Crippen molar-refractivity contribution in [3.63, 3.8) is 0 Å². The first kappa shape index (κ1) is 21.3. The van der Waals surface area contributed by atoms with Gasteiger partial charge in [0, 0.05) is 16.3 Å². The zero-order valence-corrected chi connectivity index (χ0v) is 16.9. The highest BCUT2D eigenvalue weighted by Crippen LogP contribution is 2.20. The number of unbranched alkanes of at least 4 members (excludes halogenated alkanes) is 2. The van der Waals surface area contributed by atoms with E-state index in [2.05, 4.69) is 5.32 Å². The highest BCUT2D eigenvalue weighted by Gasteiger charge is 2.16. The van der Waals surface area contributed by atoms with Crippen LogP contribution in [0.15, 0.2) is 48.5 Å². The molecule has 0 radical (unpaired) electrons. The molecule has 0 bridgehead atoms. The molecule has 146 valence electrons. The largest absolute Gasteiger partial charge is 0.489 e. The molecule has 2 rings (SSSR count). The van der Waals surface area contributed by atoms with E-state index in [9.17, 15) is 13.2 Å². The van der Waals surface area contributed by atoms with Crippen LogP contribution in [-0.2, 0) is 21.2 Å². The molecule has 2 aromatic rings. The molecule has 0 unspecified atom stereocenters. The van der Waals surface area contributed by atoms with Crippen LogP contribution in [0.2, 0.25) is 5.02 Å². The third kappa shape index (κ3) is 7.61. The average molecular weight is 410 g/mol.